The lowest BCUT2D eigenvalue weighted by molar-refractivity contribution is 0.0906. The van der Waals surface area contributed by atoms with Crippen LogP contribution in [0.3, 0.4) is 0 Å². The molecular formula is C17H18N2O5. The Kier molecular flexibility index (Phi) is 3.86. The minimum atomic E-state index is -0.848. The van der Waals surface area contributed by atoms with Gasteiger partial charge in [0.25, 0.3) is 5.91 Å². The predicted octanol–water partition coefficient (Wildman–Crippen LogP) is 1.79. The molecule has 0 spiro atoms. The van der Waals surface area contributed by atoms with Crippen LogP contribution in [0.2, 0.25) is 0 Å². The zero-order chi connectivity index (χ0) is 16.5. The van der Waals surface area contributed by atoms with Crippen LogP contribution in [0.5, 0.6) is 11.5 Å². The molecule has 4 rings (SSSR count). The highest BCUT2D eigenvalue weighted by Gasteiger charge is 2.29. The number of nitrogens with one attached hydrogen (secondary N) is 1. The minimum absolute atomic E-state index is 0.0735. The summed E-state index contributed by atoms with van der Waals surface area (Å²) >= 11 is 0. The van der Waals surface area contributed by atoms with Crippen LogP contribution in [0, 0.1) is 0 Å². The Morgan fingerprint density at radius 1 is 1.25 bits per heavy atom. The molecule has 24 heavy (non-hydrogen) atoms. The first-order valence-corrected chi connectivity index (χ1v) is 8.03. The molecule has 2 heterocycles. The molecule has 7 heteroatoms. The molecule has 1 unspecified atom stereocenters. The van der Waals surface area contributed by atoms with Crippen LogP contribution in [0.4, 0.5) is 0 Å². The zero-order valence-electron chi connectivity index (χ0n) is 13.0. The molecule has 1 aliphatic heterocycles. The molecule has 1 amide bonds. The number of hydrogen-bond acceptors (Lipinski definition) is 6. The maximum Gasteiger partial charge on any atom is 0.273 e. The molecule has 1 aromatic carbocycles. The Morgan fingerprint density at radius 2 is 2.04 bits per heavy atom. The zero-order valence-corrected chi connectivity index (χ0v) is 13.0. The second-order valence-electron chi connectivity index (χ2n) is 6.02. The van der Waals surface area contributed by atoms with E-state index < -0.39 is 6.10 Å². The Hall–Kier alpha value is -2.54. The fraction of sp³-hybridized carbons (Fsp3) is 0.412. The van der Waals surface area contributed by atoms with E-state index >= 15 is 0 Å². The first kappa shape index (κ1) is 15.0. The summed E-state index contributed by atoms with van der Waals surface area (Å²) in [6.45, 7) is 1.08. The van der Waals surface area contributed by atoms with E-state index in [2.05, 4.69) is 10.5 Å². The largest absolute Gasteiger partial charge is 0.486 e. The number of rotatable bonds is 5. The first-order chi connectivity index (χ1) is 11.7. The van der Waals surface area contributed by atoms with E-state index in [1.54, 1.807) is 24.3 Å². The van der Waals surface area contributed by atoms with Gasteiger partial charge in [0.1, 0.15) is 19.0 Å². The molecule has 0 saturated heterocycles. The molecular weight excluding hydrogens is 312 g/mol. The van der Waals surface area contributed by atoms with Crippen molar-refractivity contribution in [2.24, 2.45) is 0 Å². The van der Waals surface area contributed by atoms with Gasteiger partial charge in [0.2, 0.25) is 0 Å². The molecule has 1 aliphatic carbocycles. The number of benzene rings is 1. The third kappa shape index (κ3) is 3.07. The van der Waals surface area contributed by atoms with Crippen molar-refractivity contribution in [3.8, 4) is 11.5 Å². The number of amides is 1. The number of carbonyl (C=O) groups excluding carboxylic acids is 1. The van der Waals surface area contributed by atoms with E-state index in [0.717, 1.165) is 18.6 Å². The van der Waals surface area contributed by atoms with Gasteiger partial charge < -0.3 is 24.4 Å². The van der Waals surface area contributed by atoms with E-state index in [4.69, 9.17) is 14.0 Å². The highest BCUT2D eigenvalue weighted by molar-refractivity contribution is 5.92. The summed E-state index contributed by atoms with van der Waals surface area (Å²) in [4.78, 5) is 12.1. The highest BCUT2D eigenvalue weighted by atomic mass is 16.6. The molecule has 1 aromatic heterocycles. The molecule has 2 aromatic rings. The molecule has 126 valence electrons. The van der Waals surface area contributed by atoms with Gasteiger partial charge in [0, 0.05) is 18.5 Å². The molecule has 7 nitrogen and oxygen atoms in total. The lowest BCUT2D eigenvalue weighted by atomic mass is 10.1. The summed E-state index contributed by atoms with van der Waals surface area (Å²) in [5, 5.41) is 16.7. The van der Waals surface area contributed by atoms with E-state index in [0.29, 0.717) is 36.2 Å². The molecule has 1 saturated carbocycles. The number of carbonyl (C=O) groups is 1. The summed E-state index contributed by atoms with van der Waals surface area (Å²) in [6, 6.07) is 6.91. The van der Waals surface area contributed by atoms with Gasteiger partial charge in [-0.2, -0.15) is 0 Å². The summed E-state index contributed by atoms with van der Waals surface area (Å²) in [5.74, 6) is 2.07. The van der Waals surface area contributed by atoms with Crippen molar-refractivity contribution in [3.05, 3.63) is 41.3 Å². The van der Waals surface area contributed by atoms with Gasteiger partial charge >= 0.3 is 0 Å². The maximum absolute atomic E-state index is 12.1. The number of aromatic nitrogens is 1. The monoisotopic (exact) mass is 330 g/mol. The number of aliphatic hydroxyl groups excluding tert-OH is 1. The number of fused-ring (bicyclic) bond motifs is 1. The summed E-state index contributed by atoms with van der Waals surface area (Å²) < 4.78 is 16.1. The van der Waals surface area contributed by atoms with Crippen molar-refractivity contribution >= 4 is 5.91 Å². The van der Waals surface area contributed by atoms with Crippen LogP contribution >= 0.6 is 0 Å². The number of ether oxygens (including phenoxy) is 2. The normalized spacial score (nSPS) is 17.4. The molecule has 1 atom stereocenters. The lowest BCUT2D eigenvalue weighted by Gasteiger charge is -2.20. The molecule has 1 fully saturated rings. The van der Waals surface area contributed by atoms with Gasteiger partial charge in [-0.05, 0) is 30.5 Å². The summed E-state index contributed by atoms with van der Waals surface area (Å²) in [6.07, 6.45) is 1.32. The average molecular weight is 330 g/mol. The van der Waals surface area contributed by atoms with Gasteiger partial charge in [-0.3, -0.25) is 4.79 Å². The maximum atomic E-state index is 12.1. The second kappa shape index (κ2) is 6.16. The first-order valence-electron chi connectivity index (χ1n) is 8.03. The van der Waals surface area contributed by atoms with Crippen LogP contribution in [0.1, 0.15) is 46.7 Å². The smallest absolute Gasteiger partial charge is 0.273 e. The van der Waals surface area contributed by atoms with Crippen LogP contribution in [-0.2, 0) is 0 Å². The quantitative estimate of drug-likeness (QED) is 0.868. The van der Waals surface area contributed by atoms with Crippen molar-refractivity contribution < 1.29 is 23.9 Å². The van der Waals surface area contributed by atoms with Gasteiger partial charge in [-0.25, -0.2) is 0 Å². The van der Waals surface area contributed by atoms with Crippen molar-refractivity contribution in [2.45, 2.75) is 24.9 Å². The van der Waals surface area contributed by atoms with Crippen LogP contribution in [0.25, 0.3) is 0 Å². The van der Waals surface area contributed by atoms with E-state index in [1.165, 1.54) is 0 Å². The topological polar surface area (TPSA) is 93.8 Å². The van der Waals surface area contributed by atoms with E-state index in [1.807, 2.05) is 0 Å². The average Bonchev–Trinajstić information content (AvgIpc) is 3.35. The summed E-state index contributed by atoms with van der Waals surface area (Å²) in [7, 11) is 0. The second-order valence-corrected chi connectivity index (χ2v) is 6.02. The number of hydrogen-bond donors (Lipinski definition) is 2. The van der Waals surface area contributed by atoms with Crippen LogP contribution in [-0.4, -0.2) is 35.9 Å². The Bertz CT molecular complexity index is 753. The third-order valence-corrected chi connectivity index (χ3v) is 4.15. The van der Waals surface area contributed by atoms with Crippen molar-refractivity contribution in [2.75, 3.05) is 19.8 Å². The Morgan fingerprint density at radius 3 is 2.83 bits per heavy atom. The van der Waals surface area contributed by atoms with Crippen molar-refractivity contribution in [3.63, 3.8) is 0 Å². The van der Waals surface area contributed by atoms with Crippen LogP contribution < -0.4 is 14.8 Å². The predicted molar refractivity (Wildman–Crippen MR) is 83.2 cm³/mol. The van der Waals surface area contributed by atoms with E-state index in [-0.39, 0.29) is 18.1 Å². The van der Waals surface area contributed by atoms with Gasteiger partial charge in [-0.1, -0.05) is 11.2 Å². The highest BCUT2D eigenvalue weighted by Crippen LogP contribution is 2.40. The fourth-order valence-electron chi connectivity index (χ4n) is 2.62. The molecule has 0 radical (unpaired) electrons. The van der Waals surface area contributed by atoms with Crippen molar-refractivity contribution in [1.82, 2.24) is 10.5 Å². The third-order valence-electron chi connectivity index (χ3n) is 4.15. The van der Waals surface area contributed by atoms with Gasteiger partial charge in [0.15, 0.2) is 17.2 Å². The Balaban J connectivity index is 1.36. The molecule has 2 N–H and O–H groups in total. The SMILES string of the molecule is O=C(NCC(O)c1ccc2c(c1)OCCO2)c1cc(C2CC2)on1. The summed E-state index contributed by atoms with van der Waals surface area (Å²) in [5.41, 5.74) is 0.893. The molecule has 2 aliphatic rings. The van der Waals surface area contributed by atoms with Crippen molar-refractivity contribution in [1.29, 1.82) is 0 Å². The molecule has 0 bridgehead atoms. The number of nitrogens with zero attached hydrogens (tertiary/aromatic N) is 1. The number of aliphatic hydroxyl groups is 1. The Labute approximate surface area is 138 Å². The van der Waals surface area contributed by atoms with Gasteiger partial charge in [0.05, 0.1) is 6.10 Å². The van der Waals surface area contributed by atoms with Crippen LogP contribution in [0.15, 0.2) is 28.8 Å². The van der Waals surface area contributed by atoms with Gasteiger partial charge in [-0.15, -0.1) is 0 Å². The standard InChI is InChI=1S/C17H18N2O5/c20-13(11-3-4-14-16(7-11)23-6-5-22-14)9-18-17(21)12-8-15(24-19-12)10-1-2-10/h3-4,7-8,10,13,20H,1-2,5-6,9H2,(H,18,21). The fourth-order valence-corrected chi connectivity index (χ4v) is 2.62. The minimum Gasteiger partial charge on any atom is -0.486 e. The lowest BCUT2D eigenvalue weighted by Crippen LogP contribution is -2.28. The van der Waals surface area contributed by atoms with E-state index in [9.17, 15) is 9.90 Å².